The molecule has 1 aromatic carbocycles. The molecule has 4 nitrogen and oxygen atoms in total. The molecule has 0 aliphatic rings. The summed E-state index contributed by atoms with van der Waals surface area (Å²) in [6.07, 6.45) is 1.70. The van der Waals surface area contributed by atoms with Gasteiger partial charge in [0.25, 0.3) is 0 Å². The Morgan fingerprint density at radius 1 is 1.19 bits per heavy atom. The predicted molar refractivity (Wildman–Crippen MR) is 61.4 cm³/mol. The third-order valence-corrected chi connectivity index (χ3v) is 2.57. The van der Waals surface area contributed by atoms with E-state index in [4.69, 9.17) is 9.47 Å². The van der Waals surface area contributed by atoms with Crippen molar-refractivity contribution in [2.24, 2.45) is 0 Å². The first-order valence-corrected chi connectivity index (χ1v) is 4.91. The number of Topliss-reactive ketones (excluding diaryl/α,β-unsaturated/α-hetero) is 1. The average molecular weight is 219 g/mol. The first-order valence-electron chi connectivity index (χ1n) is 4.91. The predicted octanol–water partition coefficient (Wildman–Crippen LogP) is 2.39. The van der Waals surface area contributed by atoms with Gasteiger partial charge >= 0.3 is 0 Å². The van der Waals surface area contributed by atoms with Crippen LogP contribution in [0.5, 0.6) is 11.5 Å². The Labute approximate surface area is 93.2 Å². The Bertz CT molecular complexity index is 542. The van der Waals surface area contributed by atoms with Crippen LogP contribution in [0.3, 0.4) is 0 Å². The topological polar surface area (TPSA) is 51.3 Å². The van der Waals surface area contributed by atoms with Gasteiger partial charge in [0.1, 0.15) is 0 Å². The summed E-state index contributed by atoms with van der Waals surface area (Å²) in [6.45, 7) is 1.54. The van der Waals surface area contributed by atoms with E-state index in [1.807, 2.05) is 6.07 Å². The van der Waals surface area contributed by atoms with E-state index in [1.54, 1.807) is 33.4 Å². The highest BCUT2D eigenvalue weighted by atomic mass is 16.5. The number of aromatic amines is 1. The van der Waals surface area contributed by atoms with Gasteiger partial charge in [0.05, 0.1) is 19.7 Å². The molecule has 2 rings (SSSR count). The molecule has 84 valence electrons. The molecule has 0 unspecified atom stereocenters. The van der Waals surface area contributed by atoms with Gasteiger partial charge in [-0.05, 0) is 13.0 Å². The molecule has 0 saturated carbocycles. The normalized spacial score (nSPS) is 10.4. The molecule has 0 aliphatic heterocycles. The third-order valence-electron chi connectivity index (χ3n) is 2.57. The zero-order chi connectivity index (χ0) is 11.7. The molecule has 0 bridgehead atoms. The number of ether oxygens (including phenoxy) is 2. The number of methoxy groups -OCH3 is 2. The molecular formula is C12H13NO3. The number of carbonyl (C=O) groups excluding carboxylic acids is 1. The molecule has 0 aliphatic carbocycles. The van der Waals surface area contributed by atoms with Crippen LogP contribution in [-0.4, -0.2) is 25.0 Å². The summed E-state index contributed by atoms with van der Waals surface area (Å²) in [7, 11) is 3.16. The van der Waals surface area contributed by atoms with Crippen molar-refractivity contribution in [3.05, 3.63) is 23.9 Å². The van der Waals surface area contributed by atoms with Gasteiger partial charge in [-0.15, -0.1) is 0 Å². The summed E-state index contributed by atoms with van der Waals surface area (Å²) < 4.78 is 10.4. The van der Waals surface area contributed by atoms with Gasteiger partial charge in [0.15, 0.2) is 17.3 Å². The van der Waals surface area contributed by atoms with Gasteiger partial charge in [0.2, 0.25) is 0 Å². The number of hydrogen-bond donors (Lipinski definition) is 1. The van der Waals surface area contributed by atoms with Crippen molar-refractivity contribution in [1.29, 1.82) is 0 Å². The number of hydrogen-bond acceptors (Lipinski definition) is 3. The van der Waals surface area contributed by atoms with Gasteiger partial charge in [-0.2, -0.15) is 0 Å². The van der Waals surface area contributed by atoms with Gasteiger partial charge < -0.3 is 14.5 Å². The maximum Gasteiger partial charge on any atom is 0.162 e. The Morgan fingerprint density at radius 2 is 1.81 bits per heavy atom. The number of fused-ring (bicyclic) bond motifs is 1. The van der Waals surface area contributed by atoms with Crippen LogP contribution in [0.4, 0.5) is 0 Å². The number of ketones is 1. The summed E-state index contributed by atoms with van der Waals surface area (Å²) in [6, 6.07) is 3.63. The molecule has 0 spiro atoms. The number of nitrogens with one attached hydrogen (secondary N) is 1. The van der Waals surface area contributed by atoms with Crippen LogP contribution in [0.1, 0.15) is 17.3 Å². The van der Waals surface area contributed by atoms with Crippen molar-refractivity contribution < 1.29 is 14.3 Å². The summed E-state index contributed by atoms with van der Waals surface area (Å²) in [5.41, 5.74) is 1.53. The fourth-order valence-electron chi connectivity index (χ4n) is 1.74. The van der Waals surface area contributed by atoms with Crippen LogP contribution in [0.15, 0.2) is 18.3 Å². The summed E-state index contributed by atoms with van der Waals surface area (Å²) in [5, 5.41) is 0.852. The molecule has 0 saturated heterocycles. The van der Waals surface area contributed by atoms with Gasteiger partial charge in [0, 0.05) is 23.2 Å². The summed E-state index contributed by atoms with van der Waals surface area (Å²) in [4.78, 5) is 14.4. The number of benzene rings is 1. The fraction of sp³-hybridized carbons (Fsp3) is 0.250. The highest BCUT2D eigenvalue weighted by molar-refractivity contribution is 6.07. The lowest BCUT2D eigenvalue weighted by Crippen LogP contribution is -1.92. The molecule has 1 N–H and O–H groups in total. The quantitative estimate of drug-likeness (QED) is 0.806. The lowest BCUT2D eigenvalue weighted by Gasteiger charge is -2.07. The zero-order valence-electron chi connectivity index (χ0n) is 9.46. The molecule has 1 aromatic heterocycles. The Kier molecular flexibility index (Phi) is 2.56. The second-order valence-electron chi connectivity index (χ2n) is 3.51. The van der Waals surface area contributed by atoms with Crippen molar-refractivity contribution in [3.63, 3.8) is 0 Å². The monoisotopic (exact) mass is 219 g/mol. The number of aromatic nitrogens is 1. The van der Waals surface area contributed by atoms with Crippen LogP contribution in [-0.2, 0) is 0 Å². The van der Waals surface area contributed by atoms with Crippen LogP contribution < -0.4 is 9.47 Å². The number of H-pyrrole nitrogens is 1. The van der Waals surface area contributed by atoms with E-state index in [2.05, 4.69) is 4.98 Å². The maximum absolute atomic E-state index is 11.4. The largest absolute Gasteiger partial charge is 0.493 e. The standard InChI is InChI=1S/C12H13NO3/c1-7(14)9-6-13-10-5-12(16-3)11(15-2)4-8(9)10/h4-6,13H,1-3H3. The molecule has 16 heavy (non-hydrogen) atoms. The number of rotatable bonds is 3. The van der Waals surface area contributed by atoms with E-state index in [9.17, 15) is 4.79 Å². The van der Waals surface area contributed by atoms with E-state index in [0.29, 0.717) is 17.1 Å². The van der Waals surface area contributed by atoms with E-state index in [-0.39, 0.29) is 5.78 Å². The molecule has 1 heterocycles. The molecule has 0 radical (unpaired) electrons. The average Bonchev–Trinajstić information content (AvgIpc) is 2.69. The molecule has 0 amide bonds. The van der Waals surface area contributed by atoms with Crippen molar-refractivity contribution in [2.75, 3.05) is 14.2 Å². The van der Waals surface area contributed by atoms with Crippen molar-refractivity contribution in [1.82, 2.24) is 4.98 Å². The van der Waals surface area contributed by atoms with Gasteiger partial charge in [-0.1, -0.05) is 0 Å². The second kappa shape index (κ2) is 3.89. The Morgan fingerprint density at radius 3 is 2.38 bits per heavy atom. The van der Waals surface area contributed by atoms with Crippen molar-refractivity contribution in [3.8, 4) is 11.5 Å². The highest BCUT2D eigenvalue weighted by Crippen LogP contribution is 2.33. The highest BCUT2D eigenvalue weighted by Gasteiger charge is 2.12. The van der Waals surface area contributed by atoms with Gasteiger partial charge in [-0.25, -0.2) is 0 Å². The Hall–Kier alpha value is -1.97. The minimum Gasteiger partial charge on any atom is -0.493 e. The molecule has 4 heteroatoms. The lowest BCUT2D eigenvalue weighted by atomic mass is 10.1. The molecule has 0 fully saturated rings. The van der Waals surface area contributed by atoms with Crippen LogP contribution >= 0.6 is 0 Å². The van der Waals surface area contributed by atoms with E-state index in [1.165, 1.54) is 0 Å². The minimum absolute atomic E-state index is 0.0264. The molecule has 2 aromatic rings. The SMILES string of the molecule is COc1cc2[nH]cc(C(C)=O)c2cc1OC. The second-order valence-corrected chi connectivity index (χ2v) is 3.51. The molecule has 0 atom stereocenters. The Balaban J connectivity index is 2.71. The third kappa shape index (κ3) is 1.52. The first-order chi connectivity index (χ1) is 7.67. The summed E-state index contributed by atoms with van der Waals surface area (Å²) in [5.74, 6) is 1.29. The van der Waals surface area contributed by atoms with Crippen LogP contribution in [0, 0.1) is 0 Å². The van der Waals surface area contributed by atoms with Crippen LogP contribution in [0.2, 0.25) is 0 Å². The molecular weight excluding hydrogens is 206 g/mol. The lowest BCUT2D eigenvalue weighted by molar-refractivity contribution is 0.101. The van der Waals surface area contributed by atoms with E-state index < -0.39 is 0 Å². The van der Waals surface area contributed by atoms with Gasteiger partial charge in [-0.3, -0.25) is 4.79 Å². The minimum atomic E-state index is 0.0264. The number of carbonyl (C=O) groups is 1. The van der Waals surface area contributed by atoms with Crippen LogP contribution in [0.25, 0.3) is 10.9 Å². The maximum atomic E-state index is 11.4. The first kappa shape index (κ1) is 10.5. The van der Waals surface area contributed by atoms with E-state index >= 15 is 0 Å². The van der Waals surface area contributed by atoms with Crippen molar-refractivity contribution in [2.45, 2.75) is 6.92 Å². The fourth-order valence-corrected chi connectivity index (χ4v) is 1.74. The zero-order valence-corrected chi connectivity index (χ0v) is 9.46. The van der Waals surface area contributed by atoms with Crippen molar-refractivity contribution >= 4 is 16.7 Å². The smallest absolute Gasteiger partial charge is 0.162 e. The summed E-state index contributed by atoms with van der Waals surface area (Å²) >= 11 is 0. The van der Waals surface area contributed by atoms with E-state index in [0.717, 1.165) is 10.9 Å².